The van der Waals surface area contributed by atoms with E-state index in [1.54, 1.807) is 0 Å². The Kier molecular flexibility index (Phi) is 28.6. The van der Waals surface area contributed by atoms with Crippen LogP contribution >= 0.6 is 23.5 Å². The Bertz CT molecular complexity index is 2430. The van der Waals surface area contributed by atoms with Gasteiger partial charge in [0.1, 0.15) is 17.6 Å². The molecule has 0 saturated heterocycles. The Morgan fingerprint density at radius 2 is 1.11 bits per heavy atom. The van der Waals surface area contributed by atoms with Gasteiger partial charge in [-0.2, -0.15) is 8.62 Å². The first kappa shape index (κ1) is 62.5. The van der Waals surface area contributed by atoms with Gasteiger partial charge < -0.3 is 28.7 Å². The number of esters is 1. The molecule has 0 bridgehead atoms. The van der Waals surface area contributed by atoms with E-state index in [1.165, 1.54) is 151 Å². The lowest BCUT2D eigenvalue weighted by Gasteiger charge is -2.22. The van der Waals surface area contributed by atoms with Crippen LogP contribution in [0.1, 0.15) is 178 Å². The summed E-state index contributed by atoms with van der Waals surface area (Å²) >= 11 is 0. The molecular formula is C51H77N2O18P3. The summed E-state index contributed by atoms with van der Waals surface area (Å²) < 4.78 is 87.8. The average molecular weight is 1100 g/mol. The minimum absolute atomic E-state index is 0.128. The van der Waals surface area contributed by atoms with E-state index in [0.29, 0.717) is 24.0 Å². The van der Waals surface area contributed by atoms with Crippen LogP contribution in [-0.2, 0) is 63.4 Å². The summed E-state index contributed by atoms with van der Waals surface area (Å²) in [6, 6.07) is 11.6. The highest BCUT2D eigenvalue weighted by molar-refractivity contribution is 7.67. The molecule has 2 aromatic carbocycles. The number of aromatic amines is 1. The van der Waals surface area contributed by atoms with Crippen molar-refractivity contribution in [1.29, 1.82) is 0 Å². The molecule has 0 aliphatic carbocycles. The fourth-order valence-corrected chi connectivity index (χ4v) is 11.7. The quantitative estimate of drug-likeness (QED) is 0.0120. The molecule has 2 heterocycles. The highest BCUT2D eigenvalue weighted by Crippen LogP contribution is 2.69. The first-order chi connectivity index (χ1) is 35.5. The van der Waals surface area contributed by atoms with Crippen LogP contribution in [0.2, 0.25) is 0 Å². The van der Waals surface area contributed by atoms with Gasteiger partial charge in [-0.25, -0.2) is 23.3 Å². The van der Waals surface area contributed by atoms with Gasteiger partial charge in [-0.15, -0.1) is 0 Å². The minimum Gasteiger partial charge on any atom is -0.434 e. The number of ether oxygens (including phenoxy) is 4. The van der Waals surface area contributed by atoms with Gasteiger partial charge in [0, 0.05) is 18.2 Å². The van der Waals surface area contributed by atoms with Crippen molar-refractivity contribution in [2.45, 2.75) is 188 Å². The Balaban J connectivity index is 1.27. The number of aryl methyl sites for hydroxylation is 1. The molecule has 4 rings (SSSR count). The number of phosphoric ester groups is 2. The van der Waals surface area contributed by atoms with E-state index in [-0.39, 0.29) is 30.1 Å². The molecule has 20 nitrogen and oxygen atoms in total. The van der Waals surface area contributed by atoms with Crippen LogP contribution in [0.15, 0.2) is 76.5 Å². The number of unbranched alkanes of at least 4 members (excludes halogenated alkanes) is 19. The van der Waals surface area contributed by atoms with Crippen molar-refractivity contribution in [3.63, 3.8) is 0 Å². The van der Waals surface area contributed by atoms with Crippen molar-refractivity contribution < 1.29 is 74.2 Å². The van der Waals surface area contributed by atoms with Crippen LogP contribution < -0.4 is 20.7 Å². The number of nitrogens with one attached hydrogen (secondary N) is 1. The Morgan fingerprint density at radius 3 is 1.64 bits per heavy atom. The lowest BCUT2D eigenvalue weighted by Crippen LogP contribution is -2.33. The van der Waals surface area contributed by atoms with E-state index in [4.69, 9.17) is 36.8 Å². The first-order valence-corrected chi connectivity index (χ1v) is 30.4. The molecule has 0 amide bonds. The van der Waals surface area contributed by atoms with Crippen molar-refractivity contribution >= 4 is 35.6 Å². The van der Waals surface area contributed by atoms with Crippen molar-refractivity contribution in [3.05, 3.63) is 104 Å². The van der Waals surface area contributed by atoms with Crippen molar-refractivity contribution in [2.24, 2.45) is 0 Å². The molecule has 74 heavy (non-hydrogen) atoms. The summed E-state index contributed by atoms with van der Waals surface area (Å²) in [5, 5.41) is 0. The Hall–Kier alpha value is -4.03. The molecule has 3 N–H and O–H groups in total. The maximum Gasteiger partial charge on any atom is 0.513 e. The first-order valence-electron chi connectivity index (χ1n) is 26.0. The van der Waals surface area contributed by atoms with Gasteiger partial charge in [0.05, 0.1) is 26.4 Å². The monoisotopic (exact) mass is 1100 g/mol. The number of rotatable bonds is 39. The molecule has 414 valence electrons. The second-order valence-corrected chi connectivity index (χ2v) is 23.1. The molecule has 3 aromatic rings. The number of carbonyl (C=O) groups is 2. The number of phosphoric acid groups is 3. The number of carbonyl (C=O) groups excluding carboxylic acids is 2. The van der Waals surface area contributed by atoms with E-state index in [9.17, 15) is 42.7 Å². The average Bonchev–Trinajstić information content (AvgIpc) is 3.83. The fraction of sp³-hybridized carbons (Fsp3) is 0.608. The number of benzene rings is 2. The Labute approximate surface area is 434 Å². The van der Waals surface area contributed by atoms with Crippen molar-refractivity contribution in [2.75, 3.05) is 13.2 Å². The number of hydrogen-bond acceptors (Lipinski definition) is 16. The number of hydrogen-bond donors (Lipinski definition) is 3. The highest BCUT2D eigenvalue weighted by atomic mass is 31.3. The lowest BCUT2D eigenvalue weighted by molar-refractivity contribution is -0.134. The molecule has 1 aliphatic rings. The molecule has 3 unspecified atom stereocenters. The summed E-state index contributed by atoms with van der Waals surface area (Å²) in [5.74, 6) is -0.0324. The van der Waals surface area contributed by atoms with Gasteiger partial charge in [-0.1, -0.05) is 166 Å². The van der Waals surface area contributed by atoms with Crippen LogP contribution in [0.4, 0.5) is 4.79 Å². The lowest BCUT2D eigenvalue weighted by atomic mass is 10.0. The molecule has 1 aromatic heterocycles. The third-order valence-electron chi connectivity index (χ3n) is 11.8. The van der Waals surface area contributed by atoms with Crippen molar-refractivity contribution in [1.82, 2.24) is 9.55 Å². The third kappa shape index (κ3) is 25.7. The maximum absolute atomic E-state index is 14.1. The third-order valence-corrected chi connectivity index (χ3v) is 16.4. The fourth-order valence-electron chi connectivity index (χ4n) is 7.67. The number of aromatic nitrogens is 2. The number of nitrogens with zero attached hydrogens (tertiary/aromatic N) is 1. The predicted molar refractivity (Wildman–Crippen MR) is 277 cm³/mol. The van der Waals surface area contributed by atoms with Gasteiger partial charge >= 0.3 is 41.3 Å². The van der Waals surface area contributed by atoms with E-state index in [1.807, 2.05) is 0 Å². The molecule has 23 heteroatoms. The molecule has 5 atom stereocenters. The molecular weight excluding hydrogens is 1020 g/mol. The standard InChI is InChI=1S/C51H77N2O18P3/c1-4-6-8-10-12-13-14-15-16-17-18-20-22-24-36-63-51(57)69-45-32-28-43(29-33-45)39-66-74(62,65-38-42-26-30-44(31-27-42)68-48(54)25-23-21-19-11-9-7-5-2)71-73(60,61)70-72(58,59)64-40-46-34-35-47(67-46)53-37-41(3)49(55)52-50(53)56/h26-35,37,46-47H,4-25,36,38-40H2,1-3H3,(H,58,59)(H,60,61)(H,52,55,56)/t46-,47+,74?/m0/s1. The van der Waals surface area contributed by atoms with Crippen LogP contribution in [0, 0.1) is 6.92 Å². The summed E-state index contributed by atoms with van der Waals surface area (Å²) in [6.07, 6.45) is 25.5. The van der Waals surface area contributed by atoms with Crippen molar-refractivity contribution in [3.8, 4) is 11.5 Å². The summed E-state index contributed by atoms with van der Waals surface area (Å²) in [6.45, 7) is 4.20. The second kappa shape index (κ2) is 33.9. The SMILES string of the molecule is CCCCCCCCCCCCCCCCOC(=O)Oc1ccc(COP(=O)(OCc2ccc(OC(=O)CCCCCCCCC)cc2)OP(=O)(O)OP(=O)(O)OC[C@@H]2C=C[C@H](n3cc(C)c(=O)[nH]c3=O)O2)cc1. The zero-order chi connectivity index (χ0) is 53.7. The summed E-state index contributed by atoms with van der Waals surface area (Å²) in [7, 11) is -16.5. The van der Waals surface area contributed by atoms with Crippen LogP contribution in [0.25, 0.3) is 0 Å². The van der Waals surface area contributed by atoms with Gasteiger partial charge in [-0.05, 0) is 61.2 Å². The van der Waals surface area contributed by atoms with E-state index in [0.717, 1.165) is 49.5 Å². The molecule has 0 spiro atoms. The highest BCUT2D eigenvalue weighted by Gasteiger charge is 2.44. The topological polar surface area (TPSA) is 264 Å². The second-order valence-electron chi connectivity index (χ2n) is 18.2. The molecule has 0 fully saturated rings. The van der Waals surface area contributed by atoms with Crippen LogP contribution in [0.3, 0.4) is 0 Å². The minimum atomic E-state index is -5.83. The summed E-state index contributed by atoms with van der Waals surface area (Å²) in [5.41, 5.74) is -0.519. The van der Waals surface area contributed by atoms with E-state index in [2.05, 4.69) is 23.1 Å². The smallest absolute Gasteiger partial charge is 0.434 e. The van der Waals surface area contributed by atoms with Gasteiger partial charge in [0.15, 0.2) is 6.23 Å². The maximum atomic E-state index is 14.1. The van der Waals surface area contributed by atoms with Gasteiger partial charge in [-0.3, -0.25) is 32.7 Å². The summed E-state index contributed by atoms with van der Waals surface area (Å²) in [4.78, 5) is 72.0. The van der Waals surface area contributed by atoms with Gasteiger partial charge in [0.25, 0.3) is 5.56 Å². The number of H-pyrrole nitrogens is 1. The zero-order valence-electron chi connectivity index (χ0n) is 43.1. The molecule has 0 saturated carbocycles. The molecule has 0 radical (unpaired) electrons. The predicted octanol–water partition coefficient (Wildman–Crippen LogP) is 13.1. The van der Waals surface area contributed by atoms with E-state index < -0.39 is 79.0 Å². The normalized spacial score (nSPS) is 16.8. The largest absolute Gasteiger partial charge is 0.513 e. The van der Waals surface area contributed by atoms with Crippen LogP contribution in [0.5, 0.6) is 11.5 Å². The van der Waals surface area contributed by atoms with E-state index >= 15 is 0 Å². The Morgan fingerprint density at radius 1 is 0.622 bits per heavy atom. The molecule has 1 aliphatic heterocycles. The van der Waals surface area contributed by atoms with Crippen LogP contribution in [-0.4, -0.2) is 50.8 Å². The van der Waals surface area contributed by atoms with Gasteiger partial charge in [0.2, 0.25) is 0 Å². The zero-order valence-corrected chi connectivity index (χ0v) is 45.8.